The zero-order valence-corrected chi connectivity index (χ0v) is 12.2. The van der Waals surface area contributed by atoms with Gasteiger partial charge in [-0.25, -0.2) is 4.39 Å². The van der Waals surface area contributed by atoms with Crippen molar-refractivity contribution >= 4 is 21.2 Å². The Labute approximate surface area is 117 Å². The van der Waals surface area contributed by atoms with Gasteiger partial charge in [-0.2, -0.15) is 17.4 Å². The second-order valence-electron chi connectivity index (χ2n) is 4.31. The zero-order valence-electron chi connectivity index (χ0n) is 11.4. The van der Waals surface area contributed by atoms with Gasteiger partial charge in [0.1, 0.15) is 11.4 Å². The predicted molar refractivity (Wildman–Crippen MR) is 74.9 cm³/mol. The highest BCUT2D eigenvalue weighted by molar-refractivity contribution is 7.87. The molecule has 110 valence electrons. The van der Waals surface area contributed by atoms with Crippen LogP contribution in [0.25, 0.3) is 11.0 Å². The Morgan fingerprint density at radius 1 is 1.30 bits per heavy atom. The highest BCUT2D eigenvalue weighted by Crippen LogP contribution is 2.22. The van der Waals surface area contributed by atoms with Crippen molar-refractivity contribution in [2.45, 2.75) is 20.4 Å². The van der Waals surface area contributed by atoms with Crippen molar-refractivity contribution in [2.24, 2.45) is 0 Å². The molecule has 0 amide bonds. The minimum atomic E-state index is -3.53. The van der Waals surface area contributed by atoms with E-state index in [4.69, 9.17) is 4.42 Å². The van der Waals surface area contributed by atoms with E-state index in [9.17, 15) is 12.8 Å². The molecule has 0 bridgehead atoms. The molecule has 1 aromatic carbocycles. The van der Waals surface area contributed by atoms with Crippen molar-refractivity contribution in [1.29, 1.82) is 0 Å². The Balaban J connectivity index is 2.19. The van der Waals surface area contributed by atoms with Crippen LogP contribution in [-0.2, 0) is 16.8 Å². The van der Waals surface area contributed by atoms with Crippen LogP contribution in [-0.4, -0.2) is 25.8 Å². The summed E-state index contributed by atoms with van der Waals surface area (Å²) in [6.45, 7) is 4.39. The summed E-state index contributed by atoms with van der Waals surface area (Å²) in [4.78, 5) is 0. The summed E-state index contributed by atoms with van der Waals surface area (Å²) < 4.78 is 46.3. The first-order chi connectivity index (χ1) is 9.47. The highest BCUT2D eigenvalue weighted by atomic mass is 32.2. The van der Waals surface area contributed by atoms with Crippen LogP contribution in [0.2, 0.25) is 0 Å². The first kappa shape index (κ1) is 15.0. The average molecular weight is 300 g/mol. The maximum Gasteiger partial charge on any atom is 0.279 e. The fraction of sp³-hybridized carbons (Fsp3) is 0.385. The topological polar surface area (TPSA) is 62.6 Å². The van der Waals surface area contributed by atoms with Crippen molar-refractivity contribution in [3.8, 4) is 0 Å². The summed E-state index contributed by atoms with van der Waals surface area (Å²) in [5.74, 6) is -0.383. The van der Waals surface area contributed by atoms with Gasteiger partial charge < -0.3 is 4.42 Å². The first-order valence-corrected chi connectivity index (χ1v) is 7.82. The Kier molecular flexibility index (Phi) is 4.42. The van der Waals surface area contributed by atoms with Gasteiger partial charge in [-0.3, -0.25) is 0 Å². The molecular weight excluding hydrogens is 283 g/mol. The van der Waals surface area contributed by atoms with E-state index in [2.05, 4.69) is 4.72 Å². The summed E-state index contributed by atoms with van der Waals surface area (Å²) in [5, 5.41) is 0.576. The summed E-state index contributed by atoms with van der Waals surface area (Å²) in [7, 11) is -3.53. The lowest BCUT2D eigenvalue weighted by molar-refractivity contribution is 0.434. The largest absolute Gasteiger partial charge is 0.464 e. The third-order valence-corrected chi connectivity index (χ3v) is 4.81. The van der Waals surface area contributed by atoms with E-state index in [0.29, 0.717) is 29.6 Å². The van der Waals surface area contributed by atoms with Gasteiger partial charge in [-0.1, -0.05) is 13.8 Å². The van der Waals surface area contributed by atoms with Gasteiger partial charge in [0.2, 0.25) is 0 Å². The van der Waals surface area contributed by atoms with Crippen molar-refractivity contribution in [3.05, 3.63) is 35.8 Å². The molecule has 1 N–H and O–H groups in total. The molecule has 2 aromatic rings. The van der Waals surface area contributed by atoms with E-state index in [1.165, 1.54) is 28.8 Å². The number of furan rings is 1. The van der Waals surface area contributed by atoms with Crippen LogP contribution < -0.4 is 4.72 Å². The molecule has 20 heavy (non-hydrogen) atoms. The Morgan fingerprint density at radius 3 is 2.65 bits per heavy atom. The highest BCUT2D eigenvalue weighted by Gasteiger charge is 2.18. The lowest BCUT2D eigenvalue weighted by Crippen LogP contribution is -2.40. The molecule has 1 aromatic heterocycles. The lowest BCUT2D eigenvalue weighted by atomic mass is 10.2. The molecule has 0 saturated heterocycles. The smallest absolute Gasteiger partial charge is 0.279 e. The Bertz CT molecular complexity index is 693. The van der Waals surface area contributed by atoms with Gasteiger partial charge in [-0.15, -0.1) is 0 Å². The minimum absolute atomic E-state index is 0.0648. The predicted octanol–water partition coefficient (Wildman–Crippen LogP) is 2.25. The molecule has 0 atom stereocenters. The normalized spacial score (nSPS) is 12.4. The fourth-order valence-corrected chi connectivity index (χ4v) is 3.21. The molecule has 0 aliphatic rings. The lowest BCUT2D eigenvalue weighted by Gasteiger charge is -2.18. The van der Waals surface area contributed by atoms with Crippen LogP contribution in [0.15, 0.2) is 28.9 Å². The van der Waals surface area contributed by atoms with E-state index in [1.807, 2.05) is 0 Å². The molecule has 0 spiro atoms. The molecular formula is C13H17FN2O3S. The van der Waals surface area contributed by atoms with E-state index in [-0.39, 0.29) is 12.4 Å². The van der Waals surface area contributed by atoms with Crippen molar-refractivity contribution < 1.29 is 17.2 Å². The second kappa shape index (κ2) is 5.90. The van der Waals surface area contributed by atoms with Gasteiger partial charge in [0.25, 0.3) is 10.2 Å². The minimum Gasteiger partial charge on any atom is -0.464 e. The standard InChI is InChI=1S/C13H17FN2O3S/c1-3-16(4-2)20(17,18)15-8-10-9-19-13-6-5-11(14)7-12(10)13/h5-7,9,15H,3-4,8H2,1-2H3. The van der Waals surface area contributed by atoms with Crippen molar-refractivity contribution in [2.75, 3.05) is 13.1 Å². The maximum atomic E-state index is 13.2. The summed E-state index contributed by atoms with van der Waals surface area (Å²) in [6.07, 6.45) is 1.44. The summed E-state index contributed by atoms with van der Waals surface area (Å²) in [5.41, 5.74) is 1.14. The third kappa shape index (κ3) is 3.00. The molecule has 1 heterocycles. The van der Waals surface area contributed by atoms with Crippen LogP contribution in [0.1, 0.15) is 19.4 Å². The van der Waals surface area contributed by atoms with Crippen LogP contribution in [0.5, 0.6) is 0 Å². The van der Waals surface area contributed by atoms with Gasteiger partial charge in [0.05, 0.1) is 6.26 Å². The molecule has 0 unspecified atom stereocenters. The molecule has 0 aliphatic carbocycles. The van der Waals surface area contributed by atoms with Crippen LogP contribution in [0, 0.1) is 5.82 Å². The van der Waals surface area contributed by atoms with E-state index in [1.54, 1.807) is 13.8 Å². The van der Waals surface area contributed by atoms with E-state index >= 15 is 0 Å². The zero-order chi connectivity index (χ0) is 14.8. The van der Waals surface area contributed by atoms with Gasteiger partial charge in [0, 0.05) is 30.6 Å². The molecule has 0 radical (unpaired) electrons. The molecule has 5 nitrogen and oxygen atoms in total. The molecule has 2 rings (SSSR count). The fourth-order valence-electron chi connectivity index (χ4n) is 2.01. The van der Waals surface area contributed by atoms with Crippen LogP contribution >= 0.6 is 0 Å². The number of hydrogen-bond acceptors (Lipinski definition) is 3. The van der Waals surface area contributed by atoms with Gasteiger partial charge in [-0.05, 0) is 18.2 Å². The number of nitrogens with one attached hydrogen (secondary N) is 1. The molecule has 7 heteroatoms. The van der Waals surface area contributed by atoms with E-state index in [0.717, 1.165) is 0 Å². The second-order valence-corrected chi connectivity index (χ2v) is 6.07. The quantitative estimate of drug-likeness (QED) is 0.890. The number of halogens is 1. The average Bonchev–Trinajstić information content (AvgIpc) is 2.80. The maximum absolute atomic E-state index is 13.2. The SMILES string of the molecule is CCN(CC)S(=O)(=O)NCc1coc2ccc(F)cc12. The summed E-state index contributed by atoms with van der Waals surface area (Å²) >= 11 is 0. The monoisotopic (exact) mass is 300 g/mol. The number of nitrogens with zero attached hydrogens (tertiary/aromatic N) is 1. The van der Waals surface area contributed by atoms with Crippen LogP contribution in [0.3, 0.4) is 0 Å². The molecule has 0 fully saturated rings. The third-order valence-electron chi connectivity index (χ3n) is 3.11. The van der Waals surface area contributed by atoms with Crippen molar-refractivity contribution in [1.82, 2.24) is 9.03 Å². The Hall–Kier alpha value is -1.44. The molecule has 0 saturated carbocycles. The number of hydrogen-bond donors (Lipinski definition) is 1. The van der Waals surface area contributed by atoms with Crippen LogP contribution in [0.4, 0.5) is 4.39 Å². The van der Waals surface area contributed by atoms with Gasteiger partial charge >= 0.3 is 0 Å². The summed E-state index contributed by atoms with van der Waals surface area (Å²) in [6, 6.07) is 4.16. The number of rotatable bonds is 6. The van der Waals surface area contributed by atoms with Crippen molar-refractivity contribution in [3.63, 3.8) is 0 Å². The first-order valence-electron chi connectivity index (χ1n) is 6.38. The van der Waals surface area contributed by atoms with E-state index < -0.39 is 10.2 Å². The Morgan fingerprint density at radius 2 is 2.00 bits per heavy atom. The number of fused-ring (bicyclic) bond motifs is 1. The molecule has 0 aliphatic heterocycles. The van der Waals surface area contributed by atoms with Gasteiger partial charge in [0.15, 0.2) is 0 Å². The number of benzene rings is 1.